The van der Waals surface area contributed by atoms with Gasteiger partial charge in [-0.15, -0.1) is 0 Å². The lowest BCUT2D eigenvalue weighted by atomic mass is 9.99. The Morgan fingerprint density at radius 1 is 0.281 bits per heavy atom. The molecule has 0 aromatic rings. The zero-order chi connectivity index (χ0) is 98.3. The van der Waals surface area contributed by atoms with E-state index in [1.165, 1.54) is 13.8 Å². The molecule has 52 nitrogen and oxygen atoms in total. The number of guanidine groups is 3. The molecule has 128 heavy (non-hydrogen) atoms. The predicted octanol–water partition coefficient (Wildman–Crippen LogP) is -10.7. The van der Waals surface area contributed by atoms with E-state index >= 15 is 0 Å². The van der Waals surface area contributed by atoms with Crippen LogP contribution in [0.1, 0.15) is 186 Å². The maximum atomic E-state index is 14.3. The maximum Gasteiger partial charge on any atom is 0.326 e. The van der Waals surface area contributed by atoms with Crippen molar-refractivity contribution >= 4 is 142 Å². The van der Waals surface area contributed by atoms with E-state index in [4.69, 9.17) is 62.1 Å². The first-order chi connectivity index (χ1) is 59.4. The topological polar surface area (TPSA) is 895 Å². The molecule has 0 heterocycles. The number of carboxylic acid groups (broad SMARTS) is 2. The third-order valence-electron chi connectivity index (χ3n) is 18.5. The van der Waals surface area contributed by atoms with Crippen molar-refractivity contribution in [3.8, 4) is 0 Å². The van der Waals surface area contributed by atoms with Gasteiger partial charge >= 0.3 is 11.9 Å². The van der Waals surface area contributed by atoms with Gasteiger partial charge in [-0.3, -0.25) is 112 Å². The average molecular weight is 1820 g/mol. The highest BCUT2D eigenvalue weighted by atomic mass is 16.4. The minimum atomic E-state index is -1.99. The Morgan fingerprint density at radius 2 is 0.539 bits per heavy atom. The highest BCUT2D eigenvalue weighted by Crippen LogP contribution is 2.15. The number of hydrogen-bond donors (Lipinski definition) is 31. The molecule has 0 rings (SSSR count). The van der Waals surface area contributed by atoms with Crippen LogP contribution in [0.4, 0.5) is 0 Å². The molecule has 0 unspecified atom stereocenters. The molecular formula is C76H135N29O23. The SMILES string of the molecule is CC(C)C[C@H](NC(=O)[C@H](C)NC(=O)[C@H](CC(N)=O)NC(=O)[C@H](C)NC(=O)[C@H](CCCNC(=N)N)NC(=O)[C@H](CCCNC(=N)N)NC(=O)[C@H](CC(N)=O)NC(=O)[C@@H](N)CC(C)C)C(=O)N[C@@H](CC(C)C)C(=O)N[C@@H](CC(N)=O)C(=O)N[C@@H](CC(N)=O)C(=O)NCC(=O)N[C@H](C(=O)N[C@@H](CCC(=O)O)C(=O)N[C@@H](CC(C)C)C(=O)N[C@@H](CCCNC(=N)N)C(=O)O)C(C)C. The summed E-state index contributed by atoms with van der Waals surface area (Å²) in [5, 5.41) is 84.8. The van der Waals surface area contributed by atoms with E-state index in [2.05, 4.69) is 95.7 Å². The fourth-order valence-electron chi connectivity index (χ4n) is 12.1. The van der Waals surface area contributed by atoms with Crippen LogP contribution in [-0.4, -0.2) is 269 Å². The minimum absolute atomic E-state index is 0.00628. The summed E-state index contributed by atoms with van der Waals surface area (Å²) in [5.74, 6) is -27.0. The van der Waals surface area contributed by atoms with Gasteiger partial charge in [0.25, 0.3) is 0 Å². The minimum Gasteiger partial charge on any atom is -0.481 e. The first-order valence-corrected chi connectivity index (χ1v) is 41.5. The van der Waals surface area contributed by atoms with Crippen LogP contribution < -0.4 is 142 Å². The standard InChI is InChI=1S/C76H135N29O23/c1-33(2)24-40(77)61(115)100-50(30-54(80)108)70(124)95-42(17-14-22-89-75(84)85)64(118)94-41(16-13-21-88-74(82)83)63(117)92-38(11)60(114)99-49(29-53(79)107)66(120)93-39(12)59(113)98-45(25-34(3)4)68(122)102-47(27-36(7)8)69(123)104-51(31-55(81)109)71(125)103-48(28-52(78)106)62(116)91-32-56(110)105-58(37(9)10)72(126)96-43(19-20-57(111)112)65(119)101-46(26-35(5)6)67(121)97-44(73(127)128)18-15-23-90-76(86)87/h33-51,58H,13-32,77H2,1-12H3,(H2,78,106)(H2,79,107)(H2,80,108)(H2,81,109)(H,91,116)(H,92,117)(H,93,120)(H,94,118)(H,95,124)(H,96,126)(H,97,121)(H,98,113)(H,99,114)(H,100,115)(H,101,119)(H,102,122)(H,103,125)(H,104,123)(H,105,110)(H,111,112)(H,127,128)(H4,82,83,88)(H4,84,85,89)(H4,86,87,90)/t38-,39-,40-,41-,42-,43-,44-,45-,46-,47-,48-,49-,50-,51-,58-/m0/s1. The third-order valence-corrected chi connectivity index (χ3v) is 18.5. The Morgan fingerprint density at radius 3 is 0.859 bits per heavy atom. The zero-order valence-electron chi connectivity index (χ0n) is 74.3. The van der Waals surface area contributed by atoms with Crippen LogP contribution in [0.2, 0.25) is 0 Å². The summed E-state index contributed by atoms with van der Waals surface area (Å²) in [7, 11) is 0. The average Bonchev–Trinajstić information content (AvgIpc) is 0.862. The summed E-state index contributed by atoms with van der Waals surface area (Å²) in [5.41, 5.74) is 44.0. The van der Waals surface area contributed by atoms with E-state index in [0.717, 1.165) is 13.8 Å². The molecule has 0 spiro atoms. The predicted molar refractivity (Wildman–Crippen MR) is 459 cm³/mol. The molecule has 0 aliphatic carbocycles. The number of primary amides is 4. The summed E-state index contributed by atoms with van der Waals surface area (Å²) >= 11 is 0. The van der Waals surface area contributed by atoms with Crippen LogP contribution in [0.5, 0.6) is 0 Å². The van der Waals surface area contributed by atoms with Crippen molar-refractivity contribution < 1.29 is 111 Å². The molecule has 0 fully saturated rings. The number of rotatable bonds is 63. The van der Waals surface area contributed by atoms with Crippen molar-refractivity contribution in [1.82, 2.24) is 95.7 Å². The van der Waals surface area contributed by atoms with Crippen molar-refractivity contribution in [1.29, 1.82) is 16.2 Å². The van der Waals surface area contributed by atoms with Crippen LogP contribution in [0.25, 0.3) is 0 Å². The Bertz CT molecular complexity index is 3900. The smallest absolute Gasteiger partial charge is 0.326 e. The summed E-state index contributed by atoms with van der Waals surface area (Å²) in [6.45, 7) is 17.8. The molecule has 0 aliphatic rings. The Labute approximate surface area is 740 Å². The van der Waals surface area contributed by atoms with Gasteiger partial charge in [-0.2, -0.15) is 0 Å². The van der Waals surface area contributed by atoms with E-state index < -0.39 is 290 Å². The first-order valence-electron chi connectivity index (χ1n) is 41.5. The van der Waals surface area contributed by atoms with Gasteiger partial charge in [0.2, 0.25) is 112 Å². The van der Waals surface area contributed by atoms with Crippen molar-refractivity contribution in [2.24, 2.45) is 75.5 Å². The van der Waals surface area contributed by atoms with E-state index in [1.807, 2.05) is 0 Å². The second-order valence-electron chi connectivity index (χ2n) is 32.7. The van der Waals surface area contributed by atoms with Gasteiger partial charge in [-0.05, 0) is 114 Å². The molecule has 0 aromatic heterocycles. The van der Waals surface area contributed by atoms with Crippen LogP contribution in [-0.2, 0) is 101 Å². The molecule has 0 radical (unpaired) electrons. The van der Waals surface area contributed by atoms with Gasteiger partial charge in [-0.1, -0.05) is 69.2 Å². The number of aliphatic carboxylic acids is 2. The molecule has 39 N–H and O–H groups in total. The molecule has 0 saturated heterocycles. The lowest BCUT2D eigenvalue weighted by Crippen LogP contribution is -2.61. The van der Waals surface area contributed by atoms with Crippen LogP contribution >= 0.6 is 0 Å². The van der Waals surface area contributed by atoms with Gasteiger partial charge < -0.3 is 152 Å². The Hall–Kier alpha value is -13.4. The van der Waals surface area contributed by atoms with Gasteiger partial charge in [0.1, 0.15) is 84.6 Å². The lowest BCUT2D eigenvalue weighted by Gasteiger charge is -2.28. The Balaban J connectivity index is 6.82. The lowest BCUT2D eigenvalue weighted by molar-refractivity contribution is -0.142. The van der Waals surface area contributed by atoms with Crippen molar-refractivity contribution in [2.75, 3.05) is 26.2 Å². The van der Waals surface area contributed by atoms with E-state index in [0.29, 0.717) is 0 Å². The largest absolute Gasteiger partial charge is 0.481 e. The summed E-state index contributed by atoms with van der Waals surface area (Å²) < 4.78 is 0. The van der Waals surface area contributed by atoms with Crippen molar-refractivity contribution in [3.63, 3.8) is 0 Å². The number of amides is 19. The van der Waals surface area contributed by atoms with Crippen LogP contribution in [0, 0.1) is 45.8 Å². The molecule has 19 amide bonds. The summed E-state index contributed by atoms with van der Waals surface area (Å²) in [6.07, 6.45) is -5.51. The normalized spacial score (nSPS) is 14.6. The monoisotopic (exact) mass is 1820 g/mol. The van der Waals surface area contributed by atoms with Crippen LogP contribution in [0.15, 0.2) is 0 Å². The number of nitrogens with two attached hydrogens (primary N) is 8. The summed E-state index contributed by atoms with van der Waals surface area (Å²) in [6, 6.07) is -24.2. The second-order valence-corrected chi connectivity index (χ2v) is 32.7. The Kier molecular flexibility index (Phi) is 52.6. The fraction of sp³-hybridized carbons (Fsp3) is 0.684. The van der Waals surface area contributed by atoms with Gasteiger partial charge in [-0.25, -0.2) is 4.79 Å². The highest BCUT2D eigenvalue weighted by Gasteiger charge is 2.39. The molecule has 0 aromatic carbocycles. The zero-order valence-corrected chi connectivity index (χ0v) is 74.3. The molecule has 15 atom stereocenters. The van der Waals surface area contributed by atoms with E-state index in [1.54, 1.807) is 55.4 Å². The van der Waals surface area contributed by atoms with Gasteiger partial charge in [0, 0.05) is 26.1 Å². The third kappa shape index (κ3) is 48.8. The molecule has 52 heteroatoms. The second kappa shape index (κ2) is 58.8. The molecule has 722 valence electrons. The van der Waals surface area contributed by atoms with E-state index in [-0.39, 0.29) is 102 Å². The van der Waals surface area contributed by atoms with Crippen molar-refractivity contribution in [3.05, 3.63) is 0 Å². The van der Waals surface area contributed by atoms with Crippen LogP contribution in [0.3, 0.4) is 0 Å². The quantitative estimate of drug-likeness (QED) is 0.0153. The maximum absolute atomic E-state index is 14.3. The van der Waals surface area contributed by atoms with Gasteiger partial charge in [0.05, 0.1) is 38.3 Å². The van der Waals surface area contributed by atoms with E-state index in [9.17, 15) is 111 Å². The van der Waals surface area contributed by atoms with Crippen molar-refractivity contribution in [2.45, 2.75) is 276 Å². The number of hydrogen-bond acceptors (Lipinski definition) is 25. The summed E-state index contributed by atoms with van der Waals surface area (Å²) in [4.78, 5) is 282. The number of carbonyl (C=O) groups excluding carboxylic acids is 19. The molecular weight excluding hydrogens is 1690 g/mol. The molecule has 0 aliphatic heterocycles. The number of carbonyl (C=O) groups is 21. The first kappa shape index (κ1) is 115. The molecule has 0 bridgehead atoms. The number of carboxylic acids is 2. The fourth-order valence-corrected chi connectivity index (χ4v) is 12.1. The number of nitrogens with one attached hydrogen (secondary N) is 21. The molecule has 0 saturated carbocycles. The van der Waals surface area contributed by atoms with Gasteiger partial charge in [0.15, 0.2) is 17.9 Å². The highest BCUT2D eigenvalue weighted by molar-refractivity contribution is 6.02.